The minimum atomic E-state index is -1.85. The van der Waals surface area contributed by atoms with Gasteiger partial charge in [-0.2, -0.15) is 5.26 Å². The van der Waals surface area contributed by atoms with Gasteiger partial charge in [0.1, 0.15) is 24.1 Å². The highest BCUT2D eigenvalue weighted by Gasteiger charge is 2.61. The predicted octanol–water partition coefficient (Wildman–Crippen LogP) is 0.953. The van der Waals surface area contributed by atoms with Crippen molar-refractivity contribution >= 4 is 14.8 Å². The lowest BCUT2D eigenvalue weighted by Gasteiger charge is -2.36. The van der Waals surface area contributed by atoms with Crippen molar-refractivity contribution in [2.24, 2.45) is 0 Å². The van der Waals surface area contributed by atoms with Gasteiger partial charge >= 0.3 is 11.7 Å². The molecule has 0 unspecified atom stereocenters. The first-order valence-electron chi connectivity index (χ1n) is 9.52. The number of aromatic amines is 1. The van der Waals surface area contributed by atoms with E-state index in [2.05, 4.69) is 11.1 Å². The van der Waals surface area contributed by atoms with E-state index in [0.717, 1.165) is 0 Å². The zero-order valence-electron chi connectivity index (χ0n) is 18.0. The van der Waals surface area contributed by atoms with Gasteiger partial charge in [0.05, 0.1) is 14.4 Å². The smallest absolute Gasteiger partial charge is 0.330 e. The minimum Gasteiger partial charge on any atom is -0.462 e. The fraction of sp³-hybridized carbons (Fsp3) is 0.684. The fourth-order valence-electron chi connectivity index (χ4n) is 3.50. The summed E-state index contributed by atoms with van der Waals surface area (Å²) in [5.41, 5.74) is -2.92. The molecule has 160 valence electrons. The molecule has 1 fully saturated rings. The van der Waals surface area contributed by atoms with Gasteiger partial charge in [-0.3, -0.25) is 19.1 Å². The SMILES string of the molecule is CC(=O)OC[C@@]1(C#N)O[C@](n2cc(C)c(=O)[nH]c2=O)([SiH](C)C)C[C@@H]1OC(C)(C)C. The Kier molecular flexibility index (Phi) is 6.28. The molecule has 0 spiro atoms. The summed E-state index contributed by atoms with van der Waals surface area (Å²) in [7, 11) is -1.85. The molecule has 1 aromatic rings. The highest BCUT2D eigenvalue weighted by Crippen LogP contribution is 2.45. The summed E-state index contributed by atoms with van der Waals surface area (Å²) in [5.74, 6) is -0.547. The van der Waals surface area contributed by atoms with E-state index >= 15 is 0 Å². The van der Waals surface area contributed by atoms with Gasteiger partial charge in [-0.05, 0) is 27.7 Å². The Balaban J connectivity index is 2.68. The highest BCUT2D eigenvalue weighted by atomic mass is 28.3. The molecule has 2 heterocycles. The molecular formula is C19H29N3O6Si. The van der Waals surface area contributed by atoms with Crippen molar-refractivity contribution in [1.82, 2.24) is 9.55 Å². The monoisotopic (exact) mass is 423 g/mol. The third kappa shape index (κ3) is 4.52. The van der Waals surface area contributed by atoms with Crippen LogP contribution < -0.4 is 11.2 Å². The lowest BCUT2D eigenvalue weighted by atomic mass is 9.98. The Morgan fingerprint density at radius 3 is 2.55 bits per heavy atom. The van der Waals surface area contributed by atoms with Gasteiger partial charge in [-0.1, -0.05) is 13.1 Å². The molecule has 10 heteroatoms. The van der Waals surface area contributed by atoms with Crippen LogP contribution in [-0.4, -0.2) is 48.2 Å². The second-order valence-electron chi connectivity index (χ2n) is 8.75. The molecule has 1 N–H and O–H groups in total. The van der Waals surface area contributed by atoms with E-state index < -0.39 is 48.7 Å². The standard InChI is InChI=1S/C19H29N3O6Si/c1-12-9-22(16(25)21-15(12)24)19(29(6)7)8-14(27-17(3,4)5)18(10-20,28-19)11-26-13(2)23/h9,14,29H,8,11H2,1-7H3,(H,21,24,25)/t14-,18+,19-/m0/s1. The minimum absolute atomic E-state index is 0.217. The molecule has 0 aromatic carbocycles. The number of rotatable bonds is 5. The fourth-order valence-corrected chi connectivity index (χ4v) is 5.38. The summed E-state index contributed by atoms with van der Waals surface area (Å²) < 4.78 is 19.0. The highest BCUT2D eigenvalue weighted by molar-refractivity contribution is 6.58. The molecule has 0 saturated carbocycles. The van der Waals surface area contributed by atoms with Gasteiger partial charge in [-0.15, -0.1) is 0 Å². The summed E-state index contributed by atoms with van der Waals surface area (Å²) in [6.07, 6.45) is 0.927. The summed E-state index contributed by atoms with van der Waals surface area (Å²) in [5, 5.41) is 8.91. The normalized spacial score (nSPS) is 27.1. The maximum atomic E-state index is 12.7. The van der Waals surface area contributed by atoms with Crippen LogP contribution >= 0.6 is 0 Å². The number of aromatic nitrogens is 2. The van der Waals surface area contributed by atoms with Crippen molar-refractivity contribution < 1.29 is 19.0 Å². The van der Waals surface area contributed by atoms with Crippen LogP contribution in [0.5, 0.6) is 0 Å². The van der Waals surface area contributed by atoms with E-state index in [1.165, 1.54) is 17.7 Å². The Morgan fingerprint density at radius 1 is 1.45 bits per heavy atom. The van der Waals surface area contributed by atoms with Gasteiger partial charge in [0.2, 0.25) is 5.60 Å². The molecule has 0 bridgehead atoms. The number of ether oxygens (including phenoxy) is 3. The average Bonchev–Trinajstić information content (AvgIpc) is 2.90. The van der Waals surface area contributed by atoms with Crippen molar-refractivity contribution in [3.05, 3.63) is 32.6 Å². The molecule has 0 radical (unpaired) electrons. The third-order valence-corrected chi connectivity index (χ3v) is 7.40. The predicted molar refractivity (Wildman–Crippen MR) is 108 cm³/mol. The molecule has 1 aliphatic heterocycles. The summed E-state index contributed by atoms with van der Waals surface area (Å²) in [6.45, 7) is 12.1. The number of nitriles is 1. The van der Waals surface area contributed by atoms with E-state index in [0.29, 0.717) is 5.56 Å². The number of aryl methyl sites for hydroxylation is 1. The van der Waals surface area contributed by atoms with Crippen molar-refractivity contribution in [3.63, 3.8) is 0 Å². The van der Waals surface area contributed by atoms with Crippen molar-refractivity contribution in [3.8, 4) is 6.07 Å². The zero-order chi connectivity index (χ0) is 22.2. The largest absolute Gasteiger partial charge is 0.462 e. The molecule has 1 aliphatic rings. The summed E-state index contributed by atoms with van der Waals surface area (Å²) >= 11 is 0. The quantitative estimate of drug-likeness (QED) is 0.552. The number of hydrogen-bond donors (Lipinski definition) is 1. The number of carbonyl (C=O) groups excluding carboxylic acids is 1. The van der Waals surface area contributed by atoms with E-state index in [9.17, 15) is 19.6 Å². The van der Waals surface area contributed by atoms with Gasteiger partial charge in [-0.25, -0.2) is 4.79 Å². The molecule has 0 aliphatic carbocycles. The second-order valence-corrected chi connectivity index (χ2v) is 12.0. The molecular weight excluding hydrogens is 394 g/mol. The lowest BCUT2D eigenvalue weighted by molar-refractivity contribution is -0.170. The topological polar surface area (TPSA) is 123 Å². The molecule has 3 atom stereocenters. The molecule has 2 rings (SSSR count). The molecule has 0 amide bonds. The Labute approximate surface area is 171 Å². The number of H-pyrrole nitrogens is 1. The van der Waals surface area contributed by atoms with Crippen LogP contribution in [0.1, 0.15) is 39.7 Å². The van der Waals surface area contributed by atoms with Crippen LogP contribution in [0.3, 0.4) is 0 Å². The number of hydrogen-bond acceptors (Lipinski definition) is 7. The summed E-state index contributed by atoms with van der Waals surface area (Å²) in [4.78, 5) is 38.3. The average molecular weight is 424 g/mol. The van der Waals surface area contributed by atoms with E-state index in [4.69, 9.17) is 14.2 Å². The summed E-state index contributed by atoms with van der Waals surface area (Å²) in [6, 6.07) is 2.14. The van der Waals surface area contributed by atoms with Crippen LogP contribution in [0.2, 0.25) is 13.1 Å². The van der Waals surface area contributed by atoms with E-state index in [1.807, 2.05) is 33.9 Å². The third-order valence-electron chi connectivity index (χ3n) is 4.96. The number of esters is 1. The van der Waals surface area contributed by atoms with Crippen LogP contribution in [0.15, 0.2) is 15.8 Å². The first-order chi connectivity index (χ1) is 13.3. The van der Waals surface area contributed by atoms with Crippen LogP contribution in [-0.2, 0) is 24.4 Å². The van der Waals surface area contributed by atoms with Gasteiger partial charge in [0.25, 0.3) is 5.56 Å². The van der Waals surface area contributed by atoms with Crippen LogP contribution in [0.25, 0.3) is 0 Å². The lowest BCUT2D eigenvalue weighted by Crippen LogP contribution is -2.53. The maximum absolute atomic E-state index is 12.7. The van der Waals surface area contributed by atoms with Crippen molar-refractivity contribution in [1.29, 1.82) is 5.26 Å². The second kappa shape index (κ2) is 7.89. The van der Waals surface area contributed by atoms with Crippen molar-refractivity contribution in [2.75, 3.05) is 6.61 Å². The Hall–Kier alpha value is -2.22. The first kappa shape index (κ1) is 23.1. The van der Waals surface area contributed by atoms with E-state index in [1.54, 1.807) is 6.92 Å². The van der Waals surface area contributed by atoms with E-state index in [-0.39, 0.29) is 13.0 Å². The number of nitrogens with one attached hydrogen (secondary N) is 1. The molecule has 9 nitrogen and oxygen atoms in total. The van der Waals surface area contributed by atoms with Gasteiger partial charge < -0.3 is 14.2 Å². The van der Waals surface area contributed by atoms with Crippen molar-refractivity contribution in [2.45, 2.75) is 76.8 Å². The molecule has 29 heavy (non-hydrogen) atoms. The Morgan fingerprint density at radius 2 is 2.07 bits per heavy atom. The van der Waals surface area contributed by atoms with Gasteiger partial charge in [0.15, 0.2) is 0 Å². The number of nitrogens with zero attached hydrogens (tertiary/aromatic N) is 2. The van der Waals surface area contributed by atoms with Gasteiger partial charge in [0, 0.05) is 25.1 Å². The Bertz CT molecular complexity index is 941. The maximum Gasteiger partial charge on any atom is 0.330 e. The first-order valence-corrected chi connectivity index (χ1v) is 12.4. The zero-order valence-corrected chi connectivity index (χ0v) is 19.1. The molecule has 1 aromatic heterocycles. The molecule has 1 saturated heterocycles. The van der Waals surface area contributed by atoms with Crippen LogP contribution in [0, 0.1) is 18.3 Å². The number of carbonyl (C=O) groups is 1. The van der Waals surface area contributed by atoms with Crippen LogP contribution in [0.4, 0.5) is 0 Å².